The summed E-state index contributed by atoms with van der Waals surface area (Å²) in [7, 11) is 0. The zero-order valence-corrected chi connectivity index (χ0v) is 13.1. The third kappa shape index (κ3) is 3.04. The molecule has 0 unspecified atom stereocenters. The van der Waals surface area contributed by atoms with Crippen molar-refractivity contribution in [2.75, 3.05) is 0 Å². The van der Waals surface area contributed by atoms with Gasteiger partial charge in [0.05, 0.1) is 5.82 Å². The molecule has 1 aromatic rings. The van der Waals surface area contributed by atoms with Crippen molar-refractivity contribution in [3.63, 3.8) is 0 Å². The zero-order valence-electron chi connectivity index (χ0n) is 8.89. The van der Waals surface area contributed by atoms with Crippen molar-refractivity contribution in [1.82, 2.24) is 0 Å². The summed E-state index contributed by atoms with van der Waals surface area (Å²) in [6.07, 6.45) is 1.92. The maximum absolute atomic E-state index is 13.5. The largest absolute Gasteiger partial charge is 2.00 e. The molecule has 0 fully saturated rings. The smallest absolute Gasteiger partial charge is 0.347 e. The van der Waals surface area contributed by atoms with Gasteiger partial charge in [-0.2, -0.15) is 24.0 Å². The molecule has 74 valence electrons. The van der Waals surface area contributed by atoms with Crippen LogP contribution in [0.2, 0.25) is 0 Å². The van der Waals surface area contributed by atoms with Crippen LogP contribution in [0, 0.1) is 57.2 Å². The first-order valence-electron chi connectivity index (χ1n) is 4.48. The molecule has 0 N–H and O–H groups in total. The molecule has 1 rings (SSSR count). The first-order valence-corrected chi connectivity index (χ1v) is 4.48. The van der Waals surface area contributed by atoms with E-state index in [2.05, 4.69) is 6.92 Å². The summed E-state index contributed by atoms with van der Waals surface area (Å²) < 4.78 is 13.5. The van der Waals surface area contributed by atoms with Gasteiger partial charge in [0.15, 0.2) is 0 Å². The quantitative estimate of drug-likeness (QED) is 0.646. The van der Waals surface area contributed by atoms with E-state index in [1.165, 1.54) is 0 Å². The van der Waals surface area contributed by atoms with Crippen LogP contribution < -0.4 is 0 Å². The Hall–Kier alpha value is 0.0719. The summed E-state index contributed by atoms with van der Waals surface area (Å²) in [5.41, 5.74) is 2.63. The van der Waals surface area contributed by atoms with Crippen LogP contribution in [0.5, 0.6) is 0 Å². The van der Waals surface area contributed by atoms with Gasteiger partial charge in [0.25, 0.3) is 0 Å². The van der Waals surface area contributed by atoms with Crippen molar-refractivity contribution in [3.8, 4) is 0 Å². The van der Waals surface area contributed by atoms with Gasteiger partial charge in [-0.1, -0.05) is 20.8 Å². The Bertz CT molecular complexity index is 305. The van der Waals surface area contributed by atoms with Crippen molar-refractivity contribution < 1.29 is 35.5 Å². The number of hydrogen-bond donors (Lipinski definition) is 0. The average molecular weight is 416 g/mol. The number of rotatable bonds is 2. The fourth-order valence-electron chi connectivity index (χ4n) is 1.54. The summed E-state index contributed by atoms with van der Waals surface area (Å²) in [4.78, 5) is 0. The molecule has 0 amide bonds. The van der Waals surface area contributed by atoms with Gasteiger partial charge in [-0.3, -0.25) is 0 Å². The predicted octanol–water partition coefficient (Wildman–Crippen LogP) is 3.64. The minimum Gasteiger partial charge on any atom is -0.347 e. The molecule has 0 spiro atoms. The Balaban J connectivity index is 0.00000169. The van der Waals surface area contributed by atoms with Crippen LogP contribution >= 0.6 is 0 Å². The molecule has 1 aromatic carbocycles. The standard InChI is InChI=1S/C12H15F.U/c1-5-10-6-9(4)7-11(13)12(10)8(2)3;/h5-8H,2H2,1,3-4H3;/q-2;+2/t8-;/m0./s1. The molecule has 0 heterocycles. The summed E-state index contributed by atoms with van der Waals surface area (Å²) >= 11 is 0. The third-order valence-electron chi connectivity index (χ3n) is 2.11. The van der Waals surface area contributed by atoms with Crippen LogP contribution in [0.25, 0.3) is 0 Å². The molecule has 0 aliphatic carbocycles. The first-order chi connectivity index (χ1) is 6.06. The van der Waals surface area contributed by atoms with Gasteiger partial charge in [0, 0.05) is 0 Å². The molecule has 0 nitrogen and oxygen atoms in total. The van der Waals surface area contributed by atoms with Crippen molar-refractivity contribution >= 4 is 0 Å². The number of halogens is 1. The summed E-state index contributed by atoms with van der Waals surface area (Å²) in [5, 5.41) is 0. The number of benzene rings is 1. The van der Waals surface area contributed by atoms with Crippen LogP contribution in [0.15, 0.2) is 12.1 Å². The second-order valence-corrected chi connectivity index (χ2v) is 3.44. The van der Waals surface area contributed by atoms with Gasteiger partial charge in [0.1, 0.15) is 0 Å². The van der Waals surface area contributed by atoms with E-state index < -0.39 is 0 Å². The molecular weight excluding hydrogens is 401 g/mol. The van der Waals surface area contributed by atoms with Crippen LogP contribution in [0.1, 0.15) is 36.5 Å². The molecule has 0 aliphatic heterocycles. The molecule has 1 atom stereocenters. The zero-order chi connectivity index (χ0) is 10.0. The maximum atomic E-state index is 13.5. The molecular formula is C12H15FU. The average Bonchev–Trinajstić information content (AvgIpc) is 2.01. The van der Waals surface area contributed by atoms with Gasteiger partial charge in [-0.25, -0.2) is 4.39 Å². The van der Waals surface area contributed by atoms with Gasteiger partial charge >= 0.3 is 31.1 Å². The summed E-state index contributed by atoms with van der Waals surface area (Å²) in [5.74, 6) is -0.151. The second-order valence-electron chi connectivity index (χ2n) is 3.44. The molecule has 0 saturated carbocycles. The van der Waals surface area contributed by atoms with Crippen molar-refractivity contribution in [1.29, 1.82) is 0 Å². The Kier molecular flexibility index (Phi) is 5.86. The Labute approximate surface area is 110 Å². The third-order valence-corrected chi connectivity index (χ3v) is 2.11. The molecule has 0 aliphatic rings. The van der Waals surface area contributed by atoms with E-state index in [1.54, 1.807) is 6.07 Å². The van der Waals surface area contributed by atoms with Crippen LogP contribution in [-0.2, 0) is 0 Å². The van der Waals surface area contributed by atoms with Crippen molar-refractivity contribution in [3.05, 3.63) is 48.0 Å². The molecule has 0 bridgehead atoms. The Morgan fingerprint density at radius 2 is 2.00 bits per heavy atom. The minimum atomic E-state index is -0.143. The van der Waals surface area contributed by atoms with Crippen molar-refractivity contribution in [2.24, 2.45) is 0 Å². The fraction of sp³-hybridized carbons (Fsp3) is 0.333. The van der Waals surface area contributed by atoms with E-state index in [0.717, 1.165) is 11.1 Å². The van der Waals surface area contributed by atoms with Crippen LogP contribution in [0.4, 0.5) is 4.39 Å². The van der Waals surface area contributed by atoms with Gasteiger partial charge < -0.3 is 6.92 Å². The predicted molar refractivity (Wildman–Crippen MR) is 54.0 cm³/mol. The van der Waals surface area contributed by atoms with Crippen molar-refractivity contribution in [2.45, 2.75) is 26.7 Å². The van der Waals surface area contributed by atoms with Crippen LogP contribution in [-0.4, -0.2) is 0 Å². The second kappa shape index (κ2) is 5.83. The topological polar surface area (TPSA) is 0 Å². The maximum Gasteiger partial charge on any atom is 2.00 e. The normalized spacial score (nSPS) is 11.8. The monoisotopic (exact) mass is 416 g/mol. The SMILES string of the molecule is [CH2-][C@@H](C)c1c(F)cc(C)cc1[CH-]C.[U+2]. The van der Waals surface area contributed by atoms with Gasteiger partial charge in [-0.05, 0) is 6.07 Å². The van der Waals surface area contributed by atoms with E-state index in [-0.39, 0.29) is 42.8 Å². The molecule has 0 saturated heterocycles. The molecule has 14 heavy (non-hydrogen) atoms. The van der Waals surface area contributed by atoms with E-state index in [1.807, 2.05) is 33.3 Å². The fourth-order valence-corrected chi connectivity index (χ4v) is 1.54. The summed E-state index contributed by atoms with van der Waals surface area (Å²) in [6, 6.07) is 3.55. The number of hydrogen-bond acceptors (Lipinski definition) is 0. The minimum absolute atomic E-state index is 0. The van der Waals surface area contributed by atoms with E-state index in [4.69, 9.17) is 0 Å². The first kappa shape index (κ1) is 14.1. The molecule has 0 aromatic heterocycles. The van der Waals surface area contributed by atoms with Gasteiger partial charge in [-0.15, -0.1) is 11.1 Å². The number of aryl methyl sites for hydroxylation is 1. The molecule has 2 heteroatoms. The Morgan fingerprint density at radius 1 is 1.43 bits per heavy atom. The van der Waals surface area contributed by atoms with Crippen LogP contribution in [0.3, 0.4) is 0 Å². The molecule has 0 radical (unpaired) electrons. The summed E-state index contributed by atoms with van der Waals surface area (Å²) in [6.45, 7) is 9.56. The Morgan fingerprint density at radius 3 is 2.43 bits per heavy atom. The van der Waals surface area contributed by atoms with E-state index in [9.17, 15) is 4.39 Å². The van der Waals surface area contributed by atoms with Gasteiger partial charge in [0.2, 0.25) is 0 Å². The van der Waals surface area contributed by atoms with E-state index in [0.29, 0.717) is 5.56 Å². The van der Waals surface area contributed by atoms with E-state index >= 15 is 0 Å².